The molecule has 3 unspecified atom stereocenters. The summed E-state index contributed by atoms with van der Waals surface area (Å²) in [6.45, 7) is 0.838. The lowest BCUT2D eigenvalue weighted by molar-refractivity contribution is -0.0605. The minimum Gasteiger partial charge on any atom is -0.493 e. The molecule has 2 aromatic rings. The maximum atomic E-state index is 10.3. The topological polar surface area (TPSA) is 38.7 Å². The summed E-state index contributed by atoms with van der Waals surface area (Å²) in [4.78, 5) is 0. The highest BCUT2D eigenvalue weighted by Crippen LogP contribution is 2.44. The highest BCUT2D eigenvalue weighted by atomic mass is 32.2. The van der Waals surface area contributed by atoms with E-state index in [1.54, 1.807) is 11.8 Å². The van der Waals surface area contributed by atoms with E-state index in [2.05, 4.69) is 42.7 Å². The van der Waals surface area contributed by atoms with Gasteiger partial charge in [0.05, 0.1) is 18.8 Å². The molecule has 4 heteroatoms. The van der Waals surface area contributed by atoms with E-state index in [0.29, 0.717) is 6.42 Å². The number of ether oxygens (including phenoxy) is 2. The number of hydrogen-bond acceptors (Lipinski definition) is 4. The highest BCUT2D eigenvalue weighted by molar-refractivity contribution is 7.99. The minimum atomic E-state index is -0.279. The van der Waals surface area contributed by atoms with Gasteiger partial charge >= 0.3 is 0 Å². The van der Waals surface area contributed by atoms with E-state index in [-0.39, 0.29) is 17.6 Å². The lowest BCUT2D eigenvalue weighted by Gasteiger charge is -2.33. The second-order valence-corrected chi connectivity index (χ2v) is 9.72. The lowest BCUT2D eigenvalue weighted by atomic mass is 9.90. The summed E-state index contributed by atoms with van der Waals surface area (Å²) >= 11 is 1.69. The third-order valence-corrected chi connectivity index (χ3v) is 7.28. The lowest BCUT2D eigenvalue weighted by Crippen LogP contribution is -2.29. The molecule has 1 aliphatic carbocycles. The van der Waals surface area contributed by atoms with Crippen LogP contribution in [0.3, 0.4) is 0 Å². The number of aryl methyl sites for hydroxylation is 1. The van der Waals surface area contributed by atoms with E-state index in [0.717, 1.165) is 44.0 Å². The predicted molar refractivity (Wildman–Crippen MR) is 118 cm³/mol. The van der Waals surface area contributed by atoms with Crippen LogP contribution in [0.25, 0.3) is 0 Å². The van der Waals surface area contributed by atoms with Gasteiger partial charge in [0, 0.05) is 12.8 Å². The van der Waals surface area contributed by atoms with Crippen molar-refractivity contribution in [3.05, 3.63) is 64.2 Å². The molecule has 0 bridgehead atoms. The normalized spacial score (nSPS) is 26.6. The van der Waals surface area contributed by atoms with Gasteiger partial charge in [0.1, 0.15) is 11.2 Å². The first-order valence-electron chi connectivity index (χ1n) is 10.9. The summed E-state index contributed by atoms with van der Waals surface area (Å²) in [5, 5.41) is 10.3. The molecule has 1 saturated carbocycles. The number of rotatable bonds is 5. The van der Waals surface area contributed by atoms with Gasteiger partial charge < -0.3 is 14.6 Å². The number of benzene rings is 2. The molecule has 0 aromatic heterocycles. The fourth-order valence-electron chi connectivity index (χ4n) is 4.74. The fourth-order valence-corrected chi connectivity index (χ4v) is 5.40. The molecule has 2 aromatic carbocycles. The Balaban J connectivity index is 1.43. The molecule has 1 N–H and O–H groups in total. The fraction of sp³-hybridized carbons (Fsp3) is 0.520. The van der Waals surface area contributed by atoms with Crippen LogP contribution in [0.15, 0.2) is 36.4 Å². The first-order valence-corrected chi connectivity index (χ1v) is 12.2. The van der Waals surface area contributed by atoms with E-state index in [4.69, 9.17) is 9.47 Å². The third kappa shape index (κ3) is 4.35. The quantitative estimate of drug-likeness (QED) is 0.718. The summed E-state index contributed by atoms with van der Waals surface area (Å²) < 4.78 is 12.1. The molecule has 29 heavy (non-hydrogen) atoms. The van der Waals surface area contributed by atoms with Gasteiger partial charge in [-0.15, -0.1) is 11.8 Å². The molecule has 154 valence electrons. The molecule has 2 fully saturated rings. The molecule has 3 atom stereocenters. The van der Waals surface area contributed by atoms with Crippen molar-refractivity contribution in [2.75, 3.05) is 12.9 Å². The van der Waals surface area contributed by atoms with Crippen LogP contribution in [0.2, 0.25) is 0 Å². The van der Waals surface area contributed by atoms with Crippen LogP contribution in [0, 0.1) is 0 Å². The zero-order valence-corrected chi connectivity index (χ0v) is 17.9. The van der Waals surface area contributed by atoms with Crippen molar-refractivity contribution < 1.29 is 14.6 Å². The van der Waals surface area contributed by atoms with Gasteiger partial charge in [-0.25, -0.2) is 0 Å². The van der Waals surface area contributed by atoms with Crippen LogP contribution in [0.1, 0.15) is 71.9 Å². The van der Waals surface area contributed by atoms with Crippen LogP contribution in [-0.2, 0) is 17.6 Å². The summed E-state index contributed by atoms with van der Waals surface area (Å²) in [6, 6.07) is 13.6. The Labute approximate surface area is 177 Å². The van der Waals surface area contributed by atoms with Gasteiger partial charge in [-0.2, -0.15) is 0 Å². The number of thioether (sulfide) groups is 1. The van der Waals surface area contributed by atoms with E-state index >= 15 is 0 Å². The predicted octanol–water partition coefficient (Wildman–Crippen LogP) is 5.38. The number of hydrogen-bond donors (Lipinski definition) is 1. The SMILES string of the molecule is CSC1CC(O)CC(c2ccc(C3CC3)c(Cc3ccc4c(c3)CCCO4)c2)O1. The van der Waals surface area contributed by atoms with Gasteiger partial charge in [-0.3, -0.25) is 0 Å². The van der Waals surface area contributed by atoms with Crippen molar-refractivity contribution in [3.8, 4) is 5.75 Å². The molecule has 0 amide bonds. The molecule has 3 nitrogen and oxygen atoms in total. The maximum absolute atomic E-state index is 10.3. The van der Waals surface area contributed by atoms with Gasteiger partial charge in [0.25, 0.3) is 0 Å². The third-order valence-electron chi connectivity index (χ3n) is 6.45. The number of aliphatic hydroxyl groups excluding tert-OH is 1. The molecule has 0 spiro atoms. The summed E-state index contributed by atoms with van der Waals surface area (Å²) in [7, 11) is 0. The van der Waals surface area contributed by atoms with Gasteiger partial charge in [-0.1, -0.05) is 30.3 Å². The van der Waals surface area contributed by atoms with Gasteiger partial charge in [0.2, 0.25) is 0 Å². The van der Waals surface area contributed by atoms with Gasteiger partial charge in [-0.05, 0) is 78.2 Å². The average Bonchev–Trinajstić information content (AvgIpc) is 3.58. The molecule has 3 aliphatic rings. The standard InChI is InChI=1S/C25H30O3S/c1-29-25-15-21(26)14-24(28-25)19-7-8-22(17-5-6-17)20(13-19)12-16-4-9-23-18(11-16)3-2-10-27-23/h4,7-9,11,13,17,21,24-26H,2-3,5-6,10,12,14-15H2,1H3. The molecule has 2 aliphatic heterocycles. The number of fused-ring (bicyclic) bond motifs is 1. The Morgan fingerprint density at radius 1 is 1.10 bits per heavy atom. The van der Waals surface area contributed by atoms with Crippen LogP contribution in [0.4, 0.5) is 0 Å². The van der Waals surface area contributed by atoms with E-state index in [1.165, 1.54) is 40.7 Å². The Hall–Kier alpha value is -1.49. The molecule has 5 rings (SSSR count). The van der Waals surface area contributed by atoms with Crippen molar-refractivity contribution in [1.29, 1.82) is 0 Å². The van der Waals surface area contributed by atoms with Crippen molar-refractivity contribution in [2.45, 2.75) is 68.5 Å². The Morgan fingerprint density at radius 2 is 2.00 bits per heavy atom. The molecular weight excluding hydrogens is 380 g/mol. The summed E-state index contributed by atoms with van der Waals surface area (Å²) in [5.74, 6) is 1.78. The van der Waals surface area contributed by atoms with E-state index in [9.17, 15) is 5.11 Å². The zero-order chi connectivity index (χ0) is 19.8. The second-order valence-electron chi connectivity index (χ2n) is 8.72. The largest absolute Gasteiger partial charge is 0.493 e. The van der Waals surface area contributed by atoms with Crippen LogP contribution >= 0.6 is 11.8 Å². The molecule has 1 saturated heterocycles. The zero-order valence-electron chi connectivity index (χ0n) is 17.1. The minimum absolute atomic E-state index is 0.0138. The van der Waals surface area contributed by atoms with Crippen LogP contribution in [0.5, 0.6) is 5.75 Å². The number of aliphatic hydroxyl groups is 1. The smallest absolute Gasteiger partial charge is 0.122 e. The first kappa shape index (κ1) is 19.5. The Bertz CT molecular complexity index is 876. The highest BCUT2D eigenvalue weighted by Gasteiger charge is 2.31. The molecular formula is C25H30O3S. The van der Waals surface area contributed by atoms with Gasteiger partial charge in [0.15, 0.2) is 0 Å². The first-order chi connectivity index (χ1) is 14.2. The van der Waals surface area contributed by atoms with Crippen molar-refractivity contribution >= 4 is 11.8 Å². The van der Waals surface area contributed by atoms with Crippen LogP contribution in [-0.4, -0.2) is 29.5 Å². The molecule has 2 heterocycles. The summed E-state index contributed by atoms with van der Waals surface area (Å²) in [6.07, 6.45) is 8.96. The van der Waals surface area contributed by atoms with Crippen LogP contribution < -0.4 is 4.74 Å². The molecule has 0 radical (unpaired) electrons. The monoisotopic (exact) mass is 410 g/mol. The average molecular weight is 411 g/mol. The Morgan fingerprint density at radius 3 is 2.83 bits per heavy atom. The van der Waals surface area contributed by atoms with E-state index in [1.807, 2.05) is 0 Å². The van der Waals surface area contributed by atoms with E-state index < -0.39 is 0 Å². The van der Waals surface area contributed by atoms with Crippen molar-refractivity contribution in [1.82, 2.24) is 0 Å². The summed E-state index contributed by atoms with van der Waals surface area (Å²) in [5.41, 5.74) is 6.92. The second kappa shape index (κ2) is 8.33. The van der Waals surface area contributed by atoms with Crippen molar-refractivity contribution in [2.24, 2.45) is 0 Å². The maximum Gasteiger partial charge on any atom is 0.122 e. The Kier molecular flexibility index (Phi) is 5.59. The van der Waals surface area contributed by atoms with Crippen molar-refractivity contribution in [3.63, 3.8) is 0 Å².